The van der Waals surface area contributed by atoms with Gasteiger partial charge in [0.05, 0.1) is 6.10 Å². The molecule has 3 nitrogen and oxygen atoms in total. The van der Waals surface area contributed by atoms with E-state index in [9.17, 15) is 9.90 Å². The van der Waals surface area contributed by atoms with Crippen LogP contribution < -0.4 is 0 Å². The van der Waals surface area contributed by atoms with Gasteiger partial charge in [-0.2, -0.15) is 0 Å². The summed E-state index contributed by atoms with van der Waals surface area (Å²) < 4.78 is 0. The normalized spacial score (nSPS) is 14.2. The number of amides is 1. The van der Waals surface area contributed by atoms with E-state index in [-0.39, 0.29) is 17.9 Å². The highest BCUT2D eigenvalue weighted by Gasteiger charge is 2.21. The van der Waals surface area contributed by atoms with Crippen LogP contribution in [0.15, 0.2) is 30.3 Å². The van der Waals surface area contributed by atoms with Crippen LogP contribution in [0.25, 0.3) is 0 Å². The summed E-state index contributed by atoms with van der Waals surface area (Å²) in [5.74, 6) is 0.302. The van der Waals surface area contributed by atoms with Crippen molar-refractivity contribution in [2.45, 2.75) is 52.2 Å². The number of rotatable bonds is 6. The summed E-state index contributed by atoms with van der Waals surface area (Å²) in [5.41, 5.74) is 1.18. The Morgan fingerprint density at radius 3 is 2.21 bits per heavy atom. The Hall–Kier alpha value is -1.35. The molecule has 19 heavy (non-hydrogen) atoms. The van der Waals surface area contributed by atoms with Crippen LogP contribution in [-0.2, 0) is 4.79 Å². The maximum absolute atomic E-state index is 12.3. The van der Waals surface area contributed by atoms with Crippen LogP contribution in [0.1, 0.15) is 45.6 Å². The molecule has 0 aliphatic rings. The first kappa shape index (κ1) is 15.7. The monoisotopic (exact) mass is 263 g/mol. The van der Waals surface area contributed by atoms with Gasteiger partial charge in [-0.3, -0.25) is 4.79 Å². The van der Waals surface area contributed by atoms with Crippen LogP contribution in [0, 0.1) is 0 Å². The van der Waals surface area contributed by atoms with Gasteiger partial charge in [0, 0.05) is 19.0 Å². The molecule has 1 aromatic carbocycles. The van der Waals surface area contributed by atoms with Gasteiger partial charge in [0.2, 0.25) is 5.91 Å². The topological polar surface area (TPSA) is 40.5 Å². The van der Waals surface area contributed by atoms with Crippen molar-refractivity contribution in [1.29, 1.82) is 0 Å². The third-order valence-electron chi connectivity index (χ3n) is 3.25. The first-order valence-electron chi connectivity index (χ1n) is 6.94. The SMILES string of the molecule is CC(O)CN(C(=O)CC(C)c1ccccc1)C(C)C. The lowest BCUT2D eigenvalue weighted by Gasteiger charge is -2.29. The zero-order valence-electron chi connectivity index (χ0n) is 12.3. The fourth-order valence-corrected chi connectivity index (χ4v) is 2.16. The Morgan fingerprint density at radius 1 is 1.16 bits per heavy atom. The van der Waals surface area contributed by atoms with Crippen molar-refractivity contribution in [2.24, 2.45) is 0 Å². The van der Waals surface area contributed by atoms with E-state index in [0.29, 0.717) is 13.0 Å². The van der Waals surface area contributed by atoms with Crippen molar-refractivity contribution < 1.29 is 9.90 Å². The van der Waals surface area contributed by atoms with Crippen LogP contribution in [0.2, 0.25) is 0 Å². The number of carbonyl (C=O) groups excluding carboxylic acids is 1. The summed E-state index contributed by atoms with van der Waals surface area (Å²) in [6.07, 6.45) is -0.00654. The Morgan fingerprint density at radius 2 is 1.74 bits per heavy atom. The van der Waals surface area contributed by atoms with E-state index in [1.54, 1.807) is 11.8 Å². The van der Waals surface area contributed by atoms with E-state index in [2.05, 4.69) is 6.92 Å². The zero-order valence-corrected chi connectivity index (χ0v) is 12.3. The minimum atomic E-state index is -0.488. The van der Waals surface area contributed by atoms with Crippen molar-refractivity contribution >= 4 is 5.91 Å². The Kier molecular flexibility index (Phi) is 6.03. The van der Waals surface area contributed by atoms with E-state index in [4.69, 9.17) is 0 Å². The van der Waals surface area contributed by atoms with Gasteiger partial charge in [-0.15, -0.1) is 0 Å². The molecule has 1 rings (SSSR count). The lowest BCUT2D eigenvalue weighted by atomic mass is 9.97. The van der Waals surface area contributed by atoms with Crippen LogP contribution in [0.3, 0.4) is 0 Å². The molecule has 106 valence electrons. The molecule has 0 saturated carbocycles. The molecular weight excluding hydrogens is 238 g/mol. The van der Waals surface area contributed by atoms with E-state index < -0.39 is 6.10 Å². The van der Waals surface area contributed by atoms with Crippen LogP contribution in [0.5, 0.6) is 0 Å². The van der Waals surface area contributed by atoms with Crippen LogP contribution >= 0.6 is 0 Å². The van der Waals surface area contributed by atoms with Gasteiger partial charge in [-0.1, -0.05) is 37.3 Å². The Labute approximate surface area is 116 Å². The van der Waals surface area contributed by atoms with Gasteiger partial charge in [-0.05, 0) is 32.3 Å². The lowest BCUT2D eigenvalue weighted by Crippen LogP contribution is -2.41. The molecule has 0 radical (unpaired) electrons. The van der Waals surface area contributed by atoms with E-state index in [0.717, 1.165) is 0 Å². The van der Waals surface area contributed by atoms with Gasteiger partial charge in [-0.25, -0.2) is 0 Å². The summed E-state index contributed by atoms with van der Waals surface area (Å²) in [6, 6.07) is 10.2. The summed E-state index contributed by atoms with van der Waals surface area (Å²) in [4.78, 5) is 14.1. The molecule has 0 aliphatic carbocycles. The van der Waals surface area contributed by atoms with Crippen LogP contribution in [-0.4, -0.2) is 34.6 Å². The largest absolute Gasteiger partial charge is 0.392 e. The number of hydrogen-bond acceptors (Lipinski definition) is 2. The Bertz CT molecular complexity index is 387. The predicted molar refractivity (Wildman–Crippen MR) is 78.0 cm³/mol. The van der Waals surface area contributed by atoms with Crippen molar-refractivity contribution in [1.82, 2.24) is 4.90 Å². The number of aliphatic hydroxyl groups excluding tert-OH is 1. The van der Waals surface area contributed by atoms with Crippen molar-refractivity contribution in [3.63, 3.8) is 0 Å². The standard InChI is InChI=1S/C16H25NO2/c1-12(2)17(11-14(4)18)16(19)10-13(3)15-8-6-5-7-9-15/h5-9,12-14,18H,10-11H2,1-4H3. The van der Waals surface area contributed by atoms with Gasteiger partial charge in [0.15, 0.2) is 0 Å². The second kappa shape index (κ2) is 7.29. The maximum atomic E-state index is 12.3. The number of carbonyl (C=O) groups is 1. The summed E-state index contributed by atoms with van der Waals surface area (Å²) in [7, 11) is 0. The summed E-state index contributed by atoms with van der Waals surface area (Å²) in [5, 5.41) is 9.48. The molecule has 1 N–H and O–H groups in total. The highest BCUT2D eigenvalue weighted by Crippen LogP contribution is 2.20. The highest BCUT2D eigenvalue weighted by atomic mass is 16.3. The van der Waals surface area contributed by atoms with E-state index >= 15 is 0 Å². The molecule has 2 unspecified atom stereocenters. The van der Waals surface area contributed by atoms with Gasteiger partial charge in [0.1, 0.15) is 0 Å². The third-order valence-corrected chi connectivity index (χ3v) is 3.25. The average molecular weight is 263 g/mol. The minimum absolute atomic E-state index is 0.104. The molecule has 0 bridgehead atoms. The van der Waals surface area contributed by atoms with Crippen molar-refractivity contribution in [2.75, 3.05) is 6.54 Å². The van der Waals surface area contributed by atoms with Gasteiger partial charge >= 0.3 is 0 Å². The van der Waals surface area contributed by atoms with Gasteiger partial charge in [0.25, 0.3) is 0 Å². The van der Waals surface area contributed by atoms with Crippen molar-refractivity contribution in [3.8, 4) is 0 Å². The molecule has 0 saturated heterocycles. The van der Waals surface area contributed by atoms with Gasteiger partial charge < -0.3 is 10.0 Å². The molecule has 0 heterocycles. The lowest BCUT2D eigenvalue weighted by molar-refractivity contribution is -0.134. The third kappa shape index (κ3) is 5.03. The first-order valence-corrected chi connectivity index (χ1v) is 6.94. The quantitative estimate of drug-likeness (QED) is 0.857. The molecule has 0 aromatic heterocycles. The number of hydrogen-bond donors (Lipinski definition) is 1. The second-order valence-corrected chi connectivity index (χ2v) is 5.50. The predicted octanol–water partition coefficient (Wildman–Crippen LogP) is 2.80. The number of benzene rings is 1. The number of aliphatic hydroxyl groups is 1. The summed E-state index contributed by atoms with van der Waals surface area (Å²) in [6.45, 7) is 8.14. The van der Waals surface area contributed by atoms with Crippen molar-refractivity contribution in [3.05, 3.63) is 35.9 Å². The van der Waals surface area contributed by atoms with Crippen LogP contribution in [0.4, 0.5) is 0 Å². The fourth-order valence-electron chi connectivity index (χ4n) is 2.16. The minimum Gasteiger partial charge on any atom is -0.392 e. The molecular formula is C16H25NO2. The first-order chi connectivity index (χ1) is 8.91. The Balaban J connectivity index is 2.66. The molecule has 0 spiro atoms. The smallest absolute Gasteiger partial charge is 0.223 e. The molecule has 2 atom stereocenters. The van der Waals surface area contributed by atoms with E-state index in [1.165, 1.54) is 5.56 Å². The maximum Gasteiger partial charge on any atom is 0.223 e. The molecule has 3 heteroatoms. The average Bonchev–Trinajstić information content (AvgIpc) is 2.36. The molecule has 0 aliphatic heterocycles. The number of nitrogens with zero attached hydrogens (tertiary/aromatic N) is 1. The fraction of sp³-hybridized carbons (Fsp3) is 0.562. The highest BCUT2D eigenvalue weighted by molar-refractivity contribution is 5.77. The summed E-state index contributed by atoms with van der Waals surface area (Å²) >= 11 is 0. The molecule has 1 amide bonds. The second-order valence-electron chi connectivity index (χ2n) is 5.50. The molecule has 1 aromatic rings. The van der Waals surface area contributed by atoms with E-state index in [1.807, 2.05) is 44.2 Å². The zero-order chi connectivity index (χ0) is 14.4. The molecule has 0 fully saturated rings.